The van der Waals surface area contributed by atoms with E-state index in [0.29, 0.717) is 6.42 Å². The van der Waals surface area contributed by atoms with E-state index in [-0.39, 0.29) is 6.67 Å². The first-order chi connectivity index (χ1) is 6.41. The Bertz CT molecular complexity index is 81.0. The van der Waals surface area contributed by atoms with Crippen LogP contribution in [0.4, 0.5) is 4.39 Å². The molecule has 1 nitrogen and oxygen atoms in total. The number of halogens is 1. The minimum atomic E-state index is -0.194. The van der Waals surface area contributed by atoms with Crippen LogP contribution in [0.2, 0.25) is 0 Å². The van der Waals surface area contributed by atoms with Crippen LogP contribution in [0.3, 0.4) is 0 Å². The molecule has 0 rings (SSSR count). The van der Waals surface area contributed by atoms with Gasteiger partial charge in [0.15, 0.2) is 0 Å². The number of rotatable bonds is 10. The second kappa shape index (κ2) is 12.2. The Labute approximate surface area is 85.9 Å². The third-order valence-electron chi connectivity index (χ3n) is 1.94. The quantitative estimate of drug-likeness (QED) is 0.553. The van der Waals surface area contributed by atoms with E-state index in [4.69, 9.17) is 0 Å². The smallest absolute Gasteiger partial charge is 0.0906 e. The van der Waals surface area contributed by atoms with Crippen LogP contribution >= 0.6 is 11.8 Å². The molecule has 0 aromatic rings. The van der Waals surface area contributed by atoms with Gasteiger partial charge in [-0.1, -0.05) is 12.8 Å². The van der Waals surface area contributed by atoms with Gasteiger partial charge in [-0.05, 0) is 44.4 Å². The van der Waals surface area contributed by atoms with Gasteiger partial charge in [-0.2, -0.15) is 11.8 Å². The topological polar surface area (TPSA) is 12.0 Å². The lowest BCUT2D eigenvalue weighted by Crippen LogP contribution is -2.16. The minimum absolute atomic E-state index is 0.194. The molecular weight excluding hydrogens is 185 g/mol. The van der Waals surface area contributed by atoms with E-state index in [0.717, 1.165) is 13.1 Å². The van der Waals surface area contributed by atoms with Crippen molar-refractivity contribution in [2.45, 2.75) is 32.1 Å². The first-order valence-corrected chi connectivity index (χ1v) is 6.57. The van der Waals surface area contributed by atoms with Gasteiger partial charge in [0.05, 0.1) is 6.67 Å². The molecule has 0 spiro atoms. The Morgan fingerprint density at radius 3 is 2.38 bits per heavy atom. The van der Waals surface area contributed by atoms with E-state index < -0.39 is 0 Å². The maximum atomic E-state index is 11.7. The lowest BCUT2D eigenvalue weighted by molar-refractivity contribution is 0.457. The van der Waals surface area contributed by atoms with Crippen LogP contribution in [0.1, 0.15) is 32.1 Å². The highest BCUT2D eigenvalue weighted by Crippen LogP contribution is 2.03. The number of hydrogen-bond donors (Lipinski definition) is 1. The van der Waals surface area contributed by atoms with Crippen molar-refractivity contribution in [1.82, 2.24) is 5.32 Å². The lowest BCUT2D eigenvalue weighted by Gasteiger charge is -2.02. The monoisotopic (exact) mass is 207 g/mol. The van der Waals surface area contributed by atoms with Gasteiger partial charge >= 0.3 is 0 Å². The third-order valence-corrected chi connectivity index (χ3v) is 2.64. The molecule has 0 aliphatic carbocycles. The van der Waals surface area contributed by atoms with Gasteiger partial charge in [0.25, 0.3) is 0 Å². The van der Waals surface area contributed by atoms with Crippen molar-refractivity contribution in [1.29, 1.82) is 0 Å². The Balaban J connectivity index is 2.76. The van der Waals surface area contributed by atoms with E-state index in [2.05, 4.69) is 11.6 Å². The average Bonchev–Trinajstić information content (AvgIpc) is 2.16. The molecule has 0 amide bonds. The second-order valence-corrected chi connectivity index (χ2v) is 4.19. The summed E-state index contributed by atoms with van der Waals surface area (Å²) in [6.45, 7) is 1.70. The molecule has 0 saturated heterocycles. The van der Waals surface area contributed by atoms with Crippen LogP contribution in [-0.4, -0.2) is 31.8 Å². The SMILES string of the molecule is CSCCCCCCNCCCF. The summed E-state index contributed by atoms with van der Waals surface area (Å²) in [5, 5.41) is 3.23. The Hall–Kier alpha value is 0.240. The maximum Gasteiger partial charge on any atom is 0.0906 e. The molecule has 0 aliphatic rings. The molecule has 0 aromatic heterocycles. The summed E-state index contributed by atoms with van der Waals surface area (Å²) in [4.78, 5) is 0. The summed E-state index contributed by atoms with van der Waals surface area (Å²) in [7, 11) is 0. The number of hydrogen-bond acceptors (Lipinski definition) is 2. The molecule has 0 aliphatic heterocycles. The maximum absolute atomic E-state index is 11.7. The molecule has 0 bridgehead atoms. The minimum Gasteiger partial charge on any atom is -0.317 e. The van der Waals surface area contributed by atoms with Crippen molar-refractivity contribution < 1.29 is 4.39 Å². The van der Waals surface area contributed by atoms with Crippen molar-refractivity contribution in [3.05, 3.63) is 0 Å². The Morgan fingerprint density at radius 2 is 1.69 bits per heavy atom. The van der Waals surface area contributed by atoms with E-state index >= 15 is 0 Å². The fourth-order valence-corrected chi connectivity index (χ4v) is 1.66. The predicted octanol–water partition coefficient (Wildman–Crippen LogP) is 2.86. The van der Waals surface area contributed by atoms with Crippen molar-refractivity contribution >= 4 is 11.8 Å². The van der Waals surface area contributed by atoms with Gasteiger partial charge in [0.2, 0.25) is 0 Å². The Kier molecular flexibility index (Phi) is 12.5. The number of thioether (sulfide) groups is 1. The van der Waals surface area contributed by atoms with Gasteiger partial charge in [-0.25, -0.2) is 0 Å². The van der Waals surface area contributed by atoms with Crippen LogP contribution in [0.15, 0.2) is 0 Å². The highest BCUT2D eigenvalue weighted by molar-refractivity contribution is 7.98. The van der Waals surface area contributed by atoms with Crippen LogP contribution in [0, 0.1) is 0 Å². The van der Waals surface area contributed by atoms with Crippen LogP contribution in [-0.2, 0) is 0 Å². The zero-order valence-electron chi connectivity index (χ0n) is 8.65. The lowest BCUT2D eigenvalue weighted by atomic mass is 10.2. The summed E-state index contributed by atoms with van der Waals surface area (Å²) in [5.41, 5.74) is 0. The van der Waals surface area contributed by atoms with E-state index in [9.17, 15) is 4.39 Å². The van der Waals surface area contributed by atoms with Gasteiger partial charge in [-0.3, -0.25) is 4.39 Å². The third kappa shape index (κ3) is 12.2. The largest absolute Gasteiger partial charge is 0.317 e. The summed E-state index contributed by atoms with van der Waals surface area (Å²) >= 11 is 1.92. The van der Waals surface area contributed by atoms with Crippen molar-refractivity contribution in [3.63, 3.8) is 0 Å². The van der Waals surface area contributed by atoms with E-state index in [1.807, 2.05) is 11.8 Å². The fourth-order valence-electron chi connectivity index (χ4n) is 1.17. The highest BCUT2D eigenvalue weighted by atomic mass is 32.2. The zero-order chi connectivity index (χ0) is 9.78. The predicted molar refractivity (Wildman–Crippen MR) is 60.3 cm³/mol. The summed E-state index contributed by atoms with van der Waals surface area (Å²) in [6.07, 6.45) is 8.03. The number of unbranched alkanes of at least 4 members (excludes halogenated alkanes) is 3. The van der Waals surface area contributed by atoms with E-state index in [1.54, 1.807) is 0 Å². The highest BCUT2D eigenvalue weighted by Gasteiger charge is 1.90. The number of alkyl halides is 1. The van der Waals surface area contributed by atoms with Crippen molar-refractivity contribution in [2.24, 2.45) is 0 Å². The Morgan fingerprint density at radius 1 is 1.00 bits per heavy atom. The molecule has 0 heterocycles. The molecule has 0 radical (unpaired) electrons. The molecule has 1 N–H and O–H groups in total. The molecule has 0 aromatic carbocycles. The van der Waals surface area contributed by atoms with Gasteiger partial charge in [-0.15, -0.1) is 0 Å². The second-order valence-electron chi connectivity index (χ2n) is 3.20. The average molecular weight is 207 g/mol. The zero-order valence-corrected chi connectivity index (χ0v) is 9.47. The fraction of sp³-hybridized carbons (Fsp3) is 1.00. The first-order valence-electron chi connectivity index (χ1n) is 5.17. The molecule has 0 unspecified atom stereocenters. The molecule has 13 heavy (non-hydrogen) atoms. The molecule has 0 fully saturated rings. The molecule has 0 atom stereocenters. The molecule has 3 heteroatoms. The summed E-state index contributed by atoms with van der Waals surface area (Å²) < 4.78 is 11.7. The van der Waals surface area contributed by atoms with Crippen LogP contribution in [0.5, 0.6) is 0 Å². The molecule has 0 saturated carbocycles. The normalized spacial score (nSPS) is 10.6. The summed E-state index contributed by atoms with van der Waals surface area (Å²) in [5.74, 6) is 1.29. The molecule has 80 valence electrons. The van der Waals surface area contributed by atoms with Crippen molar-refractivity contribution in [2.75, 3.05) is 31.8 Å². The van der Waals surface area contributed by atoms with Crippen molar-refractivity contribution in [3.8, 4) is 0 Å². The van der Waals surface area contributed by atoms with Gasteiger partial charge in [0, 0.05) is 0 Å². The standard InChI is InChI=1S/C10H22FNS/c1-13-10-5-3-2-4-8-12-9-6-7-11/h12H,2-10H2,1H3. The summed E-state index contributed by atoms with van der Waals surface area (Å²) in [6, 6.07) is 0. The van der Waals surface area contributed by atoms with Gasteiger partial charge in [0.1, 0.15) is 0 Å². The van der Waals surface area contributed by atoms with Crippen LogP contribution < -0.4 is 5.32 Å². The van der Waals surface area contributed by atoms with Gasteiger partial charge < -0.3 is 5.32 Å². The van der Waals surface area contributed by atoms with E-state index in [1.165, 1.54) is 31.4 Å². The number of nitrogens with one attached hydrogen (secondary N) is 1. The van der Waals surface area contributed by atoms with Crippen LogP contribution in [0.25, 0.3) is 0 Å². The molecular formula is C10H22FNS. The first kappa shape index (κ1) is 13.2.